The third-order valence-corrected chi connectivity index (χ3v) is 6.88. The van der Waals surface area contributed by atoms with Gasteiger partial charge in [0.15, 0.2) is 0 Å². The Bertz CT molecular complexity index is 1120. The first-order valence-corrected chi connectivity index (χ1v) is 13.7. The van der Waals surface area contributed by atoms with Gasteiger partial charge in [0.25, 0.3) is 0 Å². The Morgan fingerprint density at radius 3 is 1.10 bits per heavy atom. The molecule has 0 unspecified atom stereocenters. The zero-order valence-corrected chi connectivity index (χ0v) is 23.2. The third-order valence-electron chi connectivity index (χ3n) is 6.88. The van der Waals surface area contributed by atoms with Crippen LogP contribution in [0, 0.1) is 0 Å². The highest BCUT2D eigenvalue weighted by molar-refractivity contribution is 5.16. The van der Waals surface area contributed by atoms with Crippen molar-refractivity contribution in [3.05, 3.63) is 133 Å². The van der Waals surface area contributed by atoms with Crippen LogP contribution in [0.15, 0.2) is 116 Å². The van der Waals surface area contributed by atoms with Crippen LogP contribution in [0.4, 0.5) is 0 Å². The Morgan fingerprint density at radius 2 is 0.775 bits per heavy atom. The minimum Gasteiger partial charge on any atom is -0.376 e. The van der Waals surface area contributed by atoms with E-state index in [-0.39, 0.29) is 0 Å². The van der Waals surface area contributed by atoms with Crippen molar-refractivity contribution in [3.63, 3.8) is 0 Å². The van der Waals surface area contributed by atoms with E-state index in [4.69, 9.17) is 28.4 Å². The standard InChI is InChI=1S/C34H40O6/c1-4-21-36-30-29(35-3)31(38-23-26-15-9-6-10-16-26)34(40-25-28-19-13-8-14-20-28)32(37-22-5-2)33(30)39-24-27-17-11-7-12-18-27/h4-20,29-34H,1-2,21-25H2,3H3/t29-,30-,31+,32-,33+,34+/m0/s1. The number of hydrogen-bond donors (Lipinski definition) is 0. The summed E-state index contributed by atoms with van der Waals surface area (Å²) in [4.78, 5) is 0. The maximum absolute atomic E-state index is 6.63. The van der Waals surface area contributed by atoms with Crippen LogP contribution in [0.5, 0.6) is 0 Å². The molecule has 1 aliphatic carbocycles. The van der Waals surface area contributed by atoms with Crippen molar-refractivity contribution in [2.75, 3.05) is 20.3 Å². The molecule has 0 heterocycles. The van der Waals surface area contributed by atoms with E-state index in [1.54, 1.807) is 19.3 Å². The van der Waals surface area contributed by atoms with Gasteiger partial charge in [0, 0.05) is 7.11 Å². The molecule has 0 spiro atoms. The maximum Gasteiger partial charge on any atom is 0.116 e. The third kappa shape index (κ3) is 8.21. The lowest BCUT2D eigenvalue weighted by Crippen LogP contribution is -2.67. The van der Waals surface area contributed by atoms with Crippen LogP contribution in [-0.4, -0.2) is 56.9 Å². The Labute approximate surface area is 238 Å². The lowest BCUT2D eigenvalue weighted by Gasteiger charge is -2.49. The van der Waals surface area contributed by atoms with Gasteiger partial charge in [0.2, 0.25) is 0 Å². The Morgan fingerprint density at radius 1 is 0.475 bits per heavy atom. The zero-order valence-electron chi connectivity index (χ0n) is 23.2. The quantitative estimate of drug-likeness (QED) is 0.209. The molecule has 0 N–H and O–H groups in total. The molecule has 1 aliphatic rings. The summed E-state index contributed by atoms with van der Waals surface area (Å²) in [6.07, 6.45) is 0.402. The first-order valence-electron chi connectivity index (χ1n) is 13.7. The minimum absolute atomic E-state index is 0.318. The molecule has 3 aromatic carbocycles. The molecule has 6 nitrogen and oxygen atoms in total. The van der Waals surface area contributed by atoms with Crippen molar-refractivity contribution >= 4 is 0 Å². The van der Waals surface area contributed by atoms with Crippen LogP contribution in [0.1, 0.15) is 16.7 Å². The highest BCUT2D eigenvalue weighted by atomic mass is 16.6. The first kappa shape index (κ1) is 29.9. The Kier molecular flexibility index (Phi) is 12.1. The molecule has 0 amide bonds. The monoisotopic (exact) mass is 544 g/mol. The molecule has 6 heteroatoms. The predicted molar refractivity (Wildman–Crippen MR) is 156 cm³/mol. The van der Waals surface area contributed by atoms with Crippen molar-refractivity contribution < 1.29 is 28.4 Å². The maximum atomic E-state index is 6.63. The summed E-state index contributed by atoms with van der Waals surface area (Å²) in [5.74, 6) is 0. The molecule has 0 saturated heterocycles. The summed E-state index contributed by atoms with van der Waals surface area (Å²) in [6, 6.07) is 30.1. The largest absolute Gasteiger partial charge is 0.376 e. The number of rotatable bonds is 16. The van der Waals surface area contributed by atoms with E-state index in [1.807, 2.05) is 91.0 Å². The molecular formula is C34H40O6. The minimum atomic E-state index is -0.521. The smallest absolute Gasteiger partial charge is 0.116 e. The van der Waals surface area contributed by atoms with E-state index in [2.05, 4.69) is 13.2 Å². The molecular weight excluding hydrogens is 504 g/mol. The highest BCUT2D eigenvalue weighted by Crippen LogP contribution is 2.35. The molecule has 3 aromatic rings. The fraction of sp³-hybridized carbons (Fsp3) is 0.353. The first-order chi connectivity index (χ1) is 19.7. The van der Waals surface area contributed by atoms with E-state index < -0.39 is 36.6 Å². The van der Waals surface area contributed by atoms with Gasteiger partial charge in [-0.3, -0.25) is 0 Å². The molecule has 0 aliphatic heterocycles. The van der Waals surface area contributed by atoms with Crippen molar-refractivity contribution in [2.45, 2.75) is 56.4 Å². The highest BCUT2D eigenvalue weighted by Gasteiger charge is 2.54. The van der Waals surface area contributed by atoms with E-state index in [0.29, 0.717) is 33.0 Å². The SMILES string of the molecule is C=CCO[C@@H]1[C@H](OCc2ccccc2)[C@H](OCc2ccccc2)[C@@H](OC)[C@H](OCC=C)[C@H]1OCc1ccccc1. The van der Waals surface area contributed by atoms with Gasteiger partial charge in [0.05, 0.1) is 33.0 Å². The van der Waals surface area contributed by atoms with Crippen LogP contribution in [0.25, 0.3) is 0 Å². The van der Waals surface area contributed by atoms with Crippen molar-refractivity contribution in [1.82, 2.24) is 0 Å². The Balaban J connectivity index is 1.68. The summed E-state index contributed by atoms with van der Waals surface area (Å²) in [7, 11) is 1.67. The van der Waals surface area contributed by atoms with Gasteiger partial charge in [-0.05, 0) is 16.7 Å². The lowest BCUT2D eigenvalue weighted by molar-refractivity contribution is -0.280. The summed E-state index contributed by atoms with van der Waals surface area (Å²) < 4.78 is 38.6. The summed E-state index contributed by atoms with van der Waals surface area (Å²) in [5, 5.41) is 0. The number of hydrogen-bond acceptors (Lipinski definition) is 6. The van der Waals surface area contributed by atoms with Crippen molar-refractivity contribution in [2.24, 2.45) is 0 Å². The summed E-state index contributed by atoms with van der Waals surface area (Å²) >= 11 is 0. The zero-order chi connectivity index (χ0) is 28.0. The van der Waals surface area contributed by atoms with Gasteiger partial charge in [0.1, 0.15) is 36.6 Å². The molecule has 40 heavy (non-hydrogen) atoms. The van der Waals surface area contributed by atoms with Gasteiger partial charge in [-0.25, -0.2) is 0 Å². The van der Waals surface area contributed by atoms with E-state index in [0.717, 1.165) is 16.7 Å². The van der Waals surface area contributed by atoms with Crippen molar-refractivity contribution in [1.29, 1.82) is 0 Å². The van der Waals surface area contributed by atoms with Gasteiger partial charge in [-0.2, -0.15) is 0 Å². The van der Waals surface area contributed by atoms with E-state index in [1.165, 1.54) is 0 Å². The molecule has 0 bridgehead atoms. The normalized spacial score (nSPS) is 24.4. The van der Waals surface area contributed by atoms with E-state index >= 15 is 0 Å². The second-order valence-electron chi connectivity index (χ2n) is 9.66. The topological polar surface area (TPSA) is 55.4 Å². The molecule has 212 valence electrons. The van der Waals surface area contributed by atoms with Gasteiger partial charge in [-0.1, -0.05) is 103 Å². The Hall–Kier alpha value is -3.10. The van der Waals surface area contributed by atoms with Crippen LogP contribution >= 0.6 is 0 Å². The second-order valence-corrected chi connectivity index (χ2v) is 9.66. The number of methoxy groups -OCH3 is 1. The van der Waals surface area contributed by atoms with Gasteiger partial charge >= 0.3 is 0 Å². The lowest BCUT2D eigenvalue weighted by atomic mass is 9.83. The molecule has 1 fully saturated rings. The van der Waals surface area contributed by atoms with Crippen LogP contribution in [0.2, 0.25) is 0 Å². The number of ether oxygens (including phenoxy) is 6. The average molecular weight is 545 g/mol. The summed E-state index contributed by atoms with van der Waals surface area (Å²) in [5.41, 5.74) is 3.15. The average Bonchev–Trinajstić information content (AvgIpc) is 3.01. The molecule has 1 saturated carbocycles. The van der Waals surface area contributed by atoms with E-state index in [9.17, 15) is 0 Å². The molecule has 0 radical (unpaired) electrons. The fourth-order valence-electron chi connectivity index (χ4n) is 5.00. The van der Waals surface area contributed by atoms with Gasteiger partial charge in [-0.15, -0.1) is 13.2 Å². The molecule has 6 atom stereocenters. The van der Waals surface area contributed by atoms with Crippen molar-refractivity contribution in [3.8, 4) is 0 Å². The summed E-state index contributed by atoms with van der Waals surface area (Å²) in [6.45, 7) is 9.50. The van der Waals surface area contributed by atoms with Crippen LogP contribution in [0.3, 0.4) is 0 Å². The fourth-order valence-corrected chi connectivity index (χ4v) is 5.00. The van der Waals surface area contributed by atoms with Crippen LogP contribution < -0.4 is 0 Å². The van der Waals surface area contributed by atoms with Gasteiger partial charge < -0.3 is 28.4 Å². The molecule has 0 aromatic heterocycles. The number of benzene rings is 3. The molecule has 4 rings (SSSR count). The van der Waals surface area contributed by atoms with Crippen LogP contribution in [-0.2, 0) is 48.2 Å². The second kappa shape index (κ2) is 16.2. The predicted octanol–water partition coefficient (Wildman–Crippen LogP) is 5.91.